The van der Waals surface area contributed by atoms with E-state index in [0.717, 1.165) is 25.7 Å². The van der Waals surface area contributed by atoms with Gasteiger partial charge in [0.05, 0.1) is 7.11 Å². The van der Waals surface area contributed by atoms with E-state index in [4.69, 9.17) is 10.5 Å². The van der Waals surface area contributed by atoms with E-state index in [-0.39, 0.29) is 35.9 Å². The second kappa shape index (κ2) is 8.19. The number of nitrogens with one attached hydrogen (secondary N) is 2. The van der Waals surface area contributed by atoms with E-state index in [9.17, 15) is 10.2 Å². The summed E-state index contributed by atoms with van der Waals surface area (Å²) in [5.41, 5.74) is 7.59. The largest absolute Gasteiger partial charge is 0.507 e. The van der Waals surface area contributed by atoms with Gasteiger partial charge >= 0.3 is 0 Å². The van der Waals surface area contributed by atoms with Gasteiger partial charge in [-0.3, -0.25) is 0 Å². The Morgan fingerprint density at radius 2 is 1.93 bits per heavy atom. The SMILES string of the molecule is COc1cc(O)c(CNc2nc(NC3CCC(N)CC3)nc3c2nnn3C)cc1O. The standard InChI is InChI=1S/C19H26N8O3/c1-27-18-16(25-26-27)17(21-9-10-7-14(29)15(30-2)8-13(10)28)23-19(24-18)22-12-5-3-11(20)4-6-12/h7-8,11-12,28-29H,3-6,9,20H2,1-2H3,(H2,21,22,23,24). The van der Waals surface area contributed by atoms with Crippen LogP contribution in [0.1, 0.15) is 31.2 Å². The Morgan fingerprint density at radius 3 is 2.67 bits per heavy atom. The first-order chi connectivity index (χ1) is 14.4. The number of ether oxygens (including phenoxy) is 1. The zero-order chi connectivity index (χ0) is 21.3. The van der Waals surface area contributed by atoms with Gasteiger partial charge in [0.1, 0.15) is 5.75 Å². The maximum atomic E-state index is 10.2. The van der Waals surface area contributed by atoms with Gasteiger partial charge in [0.2, 0.25) is 5.95 Å². The van der Waals surface area contributed by atoms with Crippen molar-refractivity contribution in [3.05, 3.63) is 17.7 Å². The lowest BCUT2D eigenvalue weighted by atomic mass is 9.92. The third kappa shape index (κ3) is 4.01. The maximum Gasteiger partial charge on any atom is 0.227 e. The van der Waals surface area contributed by atoms with Crippen molar-refractivity contribution in [1.82, 2.24) is 25.0 Å². The van der Waals surface area contributed by atoms with Crippen LogP contribution < -0.4 is 21.1 Å². The molecule has 0 spiro atoms. The number of hydrogen-bond donors (Lipinski definition) is 5. The number of anilines is 2. The molecule has 4 rings (SSSR count). The Labute approximate surface area is 173 Å². The van der Waals surface area contributed by atoms with E-state index >= 15 is 0 Å². The molecule has 11 nitrogen and oxygen atoms in total. The average molecular weight is 414 g/mol. The molecule has 11 heteroatoms. The smallest absolute Gasteiger partial charge is 0.227 e. The summed E-state index contributed by atoms with van der Waals surface area (Å²) in [7, 11) is 3.19. The summed E-state index contributed by atoms with van der Waals surface area (Å²) in [6.07, 6.45) is 3.87. The van der Waals surface area contributed by atoms with Gasteiger partial charge in [-0.15, -0.1) is 5.10 Å². The molecule has 6 N–H and O–H groups in total. The van der Waals surface area contributed by atoms with Crippen molar-refractivity contribution in [1.29, 1.82) is 0 Å². The number of methoxy groups -OCH3 is 1. The molecule has 0 atom stereocenters. The minimum atomic E-state index is -0.0581. The molecule has 0 saturated heterocycles. The number of rotatable bonds is 6. The van der Waals surface area contributed by atoms with Gasteiger partial charge in [-0.25, -0.2) is 4.68 Å². The first-order valence-electron chi connectivity index (χ1n) is 9.87. The first kappa shape index (κ1) is 20.0. The fraction of sp³-hybridized carbons (Fsp3) is 0.474. The lowest BCUT2D eigenvalue weighted by Gasteiger charge is -2.26. The summed E-state index contributed by atoms with van der Waals surface area (Å²) in [5, 5.41) is 35.0. The quantitative estimate of drug-likeness (QED) is 0.374. The molecular formula is C19H26N8O3. The third-order valence-corrected chi connectivity index (χ3v) is 5.38. The molecule has 1 fully saturated rings. The lowest BCUT2D eigenvalue weighted by Crippen LogP contribution is -2.33. The zero-order valence-corrected chi connectivity index (χ0v) is 17.0. The van der Waals surface area contributed by atoms with Gasteiger partial charge in [0.25, 0.3) is 0 Å². The summed E-state index contributed by atoms with van der Waals surface area (Å²) in [6, 6.07) is 3.34. The normalized spacial score (nSPS) is 19.0. The molecule has 1 aromatic carbocycles. The van der Waals surface area contributed by atoms with Gasteiger partial charge in [-0.1, -0.05) is 5.21 Å². The van der Waals surface area contributed by atoms with Crippen molar-refractivity contribution >= 4 is 22.9 Å². The van der Waals surface area contributed by atoms with Crippen LogP contribution in [0, 0.1) is 0 Å². The third-order valence-electron chi connectivity index (χ3n) is 5.38. The Bertz CT molecular complexity index is 1050. The van der Waals surface area contributed by atoms with E-state index in [0.29, 0.717) is 28.5 Å². The Morgan fingerprint density at radius 1 is 1.17 bits per heavy atom. The van der Waals surface area contributed by atoms with E-state index in [1.165, 1.54) is 19.2 Å². The van der Waals surface area contributed by atoms with Gasteiger partial charge in [-0.2, -0.15) is 9.97 Å². The Kier molecular flexibility index (Phi) is 5.44. The minimum Gasteiger partial charge on any atom is -0.507 e. The molecule has 1 aliphatic rings. The molecule has 2 aromatic heterocycles. The number of nitrogens with two attached hydrogens (primary N) is 1. The van der Waals surface area contributed by atoms with E-state index in [2.05, 4.69) is 30.9 Å². The highest BCUT2D eigenvalue weighted by Crippen LogP contribution is 2.33. The van der Waals surface area contributed by atoms with Crippen LogP contribution in [0.3, 0.4) is 0 Å². The van der Waals surface area contributed by atoms with Crippen molar-refractivity contribution in [2.45, 2.75) is 44.3 Å². The van der Waals surface area contributed by atoms with Crippen molar-refractivity contribution in [3.63, 3.8) is 0 Å². The van der Waals surface area contributed by atoms with E-state index in [1.54, 1.807) is 11.7 Å². The number of nitrogens with zero attached hydrogens (tertiary/aromatic N) is 5. The average Bonchev–Trinajstić information content (AvgIpc) is 3.11. The molecule has 0 amide bonds. The van der Waals surface area contributed by atoms with Gasteiger partial charge in [-0.05, 0) is 31.7 Å². The summed E-state index contributed by atoms with van der Waals surface area (Å²) in [6.45, 7) is 0.212. The van der Waals surface area contributed by atoms with Crippen molar-refractivity contribution in [2.24, 2.45) is 12.8 Å². The van der Waals surface area contributed by atoms with Crippen molar-refractivity contribution in [2.75, 3.05) is 17.7 Å². The molecule has 0 aliphatic heterocycles. The van der Waals surface area contributed by atoms with Crippen LogP contribution in [0.15, 0.2) is 12.1 Å². The maximum absolute atomic E-state index is 10.2. The Balaban J connectivity index is 1.58. The summed E-state index contributed by atoms with van der Waals surface area (Å²) in [4.78, 5) is 9.14. The number of hydrogen-bond acceptors (Lipinski definition) is 10. The number of phenols is 2. The van der Waals surface area contributed by atoms with Crippen molar-refractivity contribution in [3.8, 4) is 17.2 Å². The highest BCUT2D eigenvalue weighted by atomic mass is 16.5. The van der Waals surface area contributed by atoms with Crippen molar-refractivity contribution < 1.29 is 14.9 Å². The molecule has 0 bridgehead atoms. The lowest BCUT2D eigenvalue weighted by molar-refractivity contribution is 0.367. The monoisotopic (exact) mass is 414 g/mol. The summed E-state index contributed by atoms with van der Waals surface area (Å²) >= 11 is 0. The highest BCUT2D eigenvalue weighted by molar-refractivity contribution is 5.83. The second-order valence-electron chi connectivity index (χ2n) is 7.54. The highest BCUT2D eigenvalue weighted by Gasteiger charge is 2.21. The fourth-order valence-electron chi connectivity index (χ4n) is 3.63. The number of benzene rings is 1. The molecule has 1 aliphatic carbocycles. The van der Waals surface area contributed by atoms with E-state index in [1.807, 2.05) is 0 Å². The van der Waals surface area contributed by atoms with E-state index < -0.39 is 0 Å². The van der Waals surface area contributed by atoms with Crippen LogP contribution in [0.25, 0.3) is 11.2 Å². The molecule has 3 aromatic rings. The summed E-state index contributed by atoms with van der Waals surface area (Å²) < 4.78 is 6.59. The zero-order valence-electron chi connectivity index (χ0n) is 17.0. The van der Waals surface area contributed by atoms with Gasteiger partial charge in [0.15, 0.2) is 28.5 Å². The number of aromatic hydroxyl groups is 2. The molecule has 0 unspecified atom stereocenters. The van der Waals surface area contributed by atoms with Crippen LogP contribution >= 0.6 is 0 Å². The molecule has 0 radical (unpaired) electrons. The predicted molar refractivity (Wildman–Crippen MR) is 112 cm³/mol. The van der Waals surface area contributed by atoms with Gasteiger partial charge in [0, 0.05) is 37.3 Å². The van der Waals surface area contributed by atoms with Crippen LogP contribution in [-0.4, -0.2) is 54.4 Å². The predicted octanol–water partition coefficient (Wildman–Crippen LogP) is 1.47. The van der Waals surface area contributed by atoms with Gasteiger partial charge < -0.3 is 31.3 Å². The van der Waals surface area contributed by atoms with Crippen LogP contribution in [0.2, 0.25) is 0 Å². The molecular weight excluding hydrogens is 388 g/mol. The number of phenolic OH excluding ortho intramolecular Hbond substituents is 2. The fourth-order valence-corrected chi connectivity index (χ4v) is 3.63. The van der Waals surface area contributed by atoms with Crippen LogP contribution in [0.4, 0.5) is 11.8 Å². The molecule has 30 heavy (non-hydrogen) atoms. The summed E-state index contributed by atoms with van der Waals surface area (Å²) in [5.74, 6) is 1.11. The topological polar surface area (TPSA) is 156 Å². The molecule has 160 valence electrons. The second-order valence-corrected chi connectivity index (χ2v) is 7.54. The Hall–Kier alpha value is -3.34. The van der Waals surface area contributed by atoms with Crippen LogP contribution in [-0.2, 0) is 13.6 Å². The van der Waals surface area contributed by atoms with Crippen LogP contribution in [0.5, 0.6) is 17.2 Å². The number of aryl methyl sites for hydroxylation is 1. The number of aromatic nitrogens is 5. The first-order valence-corrected chi connectivity index (χ1v) is 9.87. The molecule has 2 heterocycles. The number of fused-ring (bicyclic) bond motifs is 1. The minimum absolute atomic E-state index is 0.00140. The molecule has 1 saturated carbocycles.